The number of methoxy groups -OCH3 is 1. The molecule has 5 nitrogen and oxygen atoms in total. The van der Waals surface area contributed by atoms with Gasteiger partial charge in [-0.25, -0.2) is 4.99 Å². The van der Waals surface area contributed by atoms with Crippen LogP contribution in [-0.2, 0) is 11.3 Å². The van der Waals surface area contributed by atoms with Crippen LogP contribution >= 0.6 is 0 Å². The summed E-state index contributed by atoms with van der Waals surface area (Å²) in [6.45, 7) is 6.21. The molecule has 0 amide bonds. The van der Waals surface area contributed by atoms with E-state index in [2.05, 4.69) is 25.8 Å². The second kappa shape index (κ2) is 5.09. The number of rotatable bonds is 3. The van der Waals surface area contributed by atoms with Gasteiger partial charge in [0.15, 0.2) is 0 Å². The molecular weight excluding hydrogens is 242 g/mol. The van der Waals surface area contributed by atoms with E-state index in [0.717, 1.165) is 12.2 Å². The van der Waals surface area contributed by atoms with Gasteiger partial charge in [-0.05, 0) is 38.5 Å². The summed E-state index contributed by atoms with van der Waals surface area (Å²) in [6, 6.07) is 8.18. The van der Waals surface area contributed by atoms with Gasteiger partial charge in [0.2, 0.25) is 0 Å². The normalized spacial score (nSPS) is 20.0. The van der Waals surface area contributed by atoms with E-state index in [4.69, 9.17) is 15.3 Å². The Morgan fingerprint density at radius 2 is 1.95 bits per heavy atom. The van der Waals surface area contributed by atoms with Gasteiger partial charge in [-0.3, -0.25) is 0 Å². The summed E-state index contributed by atoms with van der Waals surface area (Å²) in [6.07, 6.45) is 0.662. The third-order valence-corrected chi connectivity index (χ3v) is 2.98. The summed E-state index contributed by atoms with van der Waals surface area (Å²) in [5, 5.41) is 1.84. The van der Waals surface area contributed by atoms with Crippen molar-refractivity contribution in [3.05, 3.63) is 29.8 Å². The molecule has 0 fully saturated rings. The van der Waals surface area contributed by atoms with Crippen molar-refractivity contribution in [2.75, 3.05) is 7.11 Å². The Balaban J connectivity index is 2.11. The average molecular weight is 263 g/mol. The largest absolute Gasteiger partial charge is 0.497 e. The predicted octanol–water partition coefficient (Wildman–Crippen LogP) is 1.92. The lowest BCUT2D eigenvalue weighted by atomic mass is 10.1. The highest BCUT2D eigenvalue weighted by Gasteiger charge is 2.36. The van der Waals surface area contributed by atoms with Gasteiger partial charge in [0.1, 0.15) is 11.9 Å². The molecule has 1 unspecified atom stereocenters. The summed E-state index contributed by atoms with van der Waals surface area (Å²) in [7, 11) is 1.66. The minimum atomic E-state index is -0.151. The van der Waals surface area contributed by atoms with Gasteiger partial charge < -0.3 is 15.3 Å². The molecule has 5 heteroatoms. The second-order valence-corrected chi connectivity index (χ2v) is 5.59. The number of nitrogens with two attached hydrogens (primary N) is 1. The molecule has 0 aromatic heterocycles. The van der Waals surface area contributed by atoms with Crippen molar-refractivity contribution in [1.29, 1.82) is 0 Å². The van der Waals surface area contributed by atoms with Gasteiger partial charge in [-0.2, -0.15) is 0 Å². The zero-order valence-corrected chi connectivity index (χ0v) is 11.9. The summed E-state index contributed by atoms with van der Waals surface area (Å²) < 4.78 is 5.15. The lowest BCUT2D eigenvalue weighted by Crippen LogP contribution is -2.45. The number of ether oxygens (including phenoxy) is 1. The maximum atomic E-state index is 5.68. The molecule has 0 aliphatic carbocycles. The van der Waals surface area contributed by atoms with Gasteiger partial charge in [0.05, 0.1) is 12.6 Å². The first-order valence-electron chi connectivity index (χ1n) is 6.33. The minimum absolute atomic E-state index is 0.0894. The van der Waals surface area contributed by atoms with E-state index in [1.807, 2.05) is 29.3 Å². The Morgan fingerprint density at radius 3 is 2.47 bits per heavy atom. The summed E-state index contributed by atoms with van der Waals surface area (Å²) >= 11 is 0. The number of amidine groups is 1. The molecule has 2 N–H and O–H groups in total. The first kappa shape index (κ1) is 13.7. The van der Waals surface area contributed by atoms with E-state index in [1.54, 1.807) is 7.11 Å². The Kier molecular flexibility index (Phi) is 3.66. The molecule has 1 aliphatic rings. The van der Waals surface area contributed by atoms with Crippen LogP contribution < -0.4 is 10.5 Å². The highest BCUT2D eigenvalue weighted by Crippen LogP contribution is 2.25. The van der Waals surface area contributed by atoms with Crippen LogP contribution in [0.25, 0.3) is 0 Å². The Labute approximate surface area is 114 Å². The fraction of sp³-hybridized carbons (Fsp3) is 0.500. The first-order chi connectivity index (χ1) is 8.90. The zero-order chi connectivity index (χ0) is 14.0. The Morgan fingerprint density at radius 1 is 1.32 bits per heavy atom. The van der Waals surface area contributed by atoms with Crippen LogP contribution in [0.2, 0.25) is 0 Å². The lowest BCUT2D eigenvalue weighted by molar-refractivity contribution is -0.149. The fourth-order valence-electron chi connectivity index (χ4n) is 2.07. The molecule has 0 saturated heterocycles. The summed E-state index contributed by atoms with van der Waals surface area (Å²) in [4.78, 5) is 9.83. The maximum absolute atomic E-state index is 5.68. The number of hydrogen-bond donors (Lipinski definition) is 1. The molecule has 0 spiro atoms. The average Bonchev–Trinajstić information content (AvgIpc) is 2.71. The molecule has 1 heterocycles. The topological polar surface area (TPSA) is 60.1 Å². The molecule has 2 rings (SSSR count). The van der Waals surface area contributed by atoms with E-state index < -0.39 is 0 Å². The molecule has 1 aromatic rings. The predicted molar refractivity (Wildman–Crippen MR) is 74.8 cm³/mol. The third kappa shape index (κ3) is 3.17. The molecule has 104 valence electrons. The van der Waals surface area contributed by atoms with Crippen LogP contribution in [0.15, 0.2) is 29.3 Å². The smallest absolute Gasteiger partial charge is 0.304 e. The van der Waals surface area contributed by atoms with Gasteiger partial charge >= 0.3 is 6.02 Å². The van der Waals surface area contributed by atoms with E-state index in [1.165, 1.54) is 5.56 Å². The van der Waals surface area contributed by atoms with Gasteiger partial charge in [-0.15, -0.1) is 5.06 Å². The van der Waals surface area contributed by atoms with Crippen molar-refractivity contribution in [3.8, 4) is 5.75 Å². The van der Waals surface area contributed by atoms with Crippen LogP contribution in [0.4, 0.5) is 0 Å². The van der Waals surface area contributed by atoms with Gasteiger partial charge in [0.25, 0.3) is 0 Å². The highest BCUT2D eigenvalue weighted by molar-refractivity contribution is 5.72. The number of nitrogens with zero attached hydrogens (tertiary/aromatic N) is 2. The third-order valence-electron chi connectivity index (χ3n) is 2.98. The van der Waals surface area contributed by atoms with Crippen molar-refractivity contribution in [2.45, 2.75) is 38.9 Å². The Hall–Kier alpha value is -1.75. The number of hydroxylamine groups is 2. The van der Waals surface area contributed by atoms with E-state index >= 15 is 0 Å². The maximum Gasteiger partial charge on any atom is 0.304 e. The SMILES string of the molecule is COc1ccc(CC2N=C(N)ON2C(C)(C)C)cc1. The van der Waals surface area contributed by atoms with Crippen molar-refractivity contribution in [2.24, 2.45) is 10.7 Å². The first-order valence-corrected chi connectivity index (χ1v) is 6.33. The number of hydrogen-bond acceptors (Lipinski definition) is 5. The van der Waals surface area contributed by atoms with Gasteiger partial charge in [-0.1, -0.05) is 12.1 Å². The van der Waals surface area contributed by atoms with E-state index in [0.29, 0.717) is 0 Å². The van der Waals surface area contributed by atoms with Crippen LogP contribution in [0.3, 0.4) is 0 Å². The molecule has 0 radical (unpaired) electrons. The molecule has 1 aliphatic heterocycles. The summed E-state index contributed by atoms with van der Waals surface area (Å²) in [5.74, 6) is 0.849. The minimum Gasteiger partial charge on any atom is -0.497 e. The van der Waals surface area contributed by atoms with Crippen LogP contribution in [0.5, 0.6) is 5.75 Å². The highest BCUT2D eigenvalue weighted by atomic mass is 16.7. The molecule has 1 atom stereocenters. The molecule has 0 saturated carbocycles. The molecular formula is C14H21N3O2. The molecule has 0 bridgehead atoms. The van der Waals surface area contributed by atoms with Crippen molar-refractivity contribution >= 4 is 6.02 Å². The van der Waals surface area contributed by atoms with Crippen LogP contribution in [0.1, 0.15) is 26.3 Å². The Bertz CT molecular complexity index is 463. The van der Waals surface area contributed by atoms with E-state index in [9.17, 15) is 0 Å². The number of aliphatic imine (C=N–C) groups is 1. The van der Waals surface area contributed by atoms with E-state index in [-0.39, 0.29) is 17.7 Å². The van der Waals surface area contributed by atoms with Crippen LogP contribution in [-0.4, -0.2) is 29.9 Å². The zero-order valence-electron chi connectivity index (χ0n) is 11.9. The number of benzene rings is 1. The fourth-order valence-corrected chi connectivity index (χ4v) is 2.07. The molecule has 1 aromatic carbocycles. The lowest BCUT2D eigenvalue weighted by Gasteiger charge is -2.33. The van der Waals surface area contributed by atoms with Crippen molar-refractivity contribution in [1.82, 2.24) is 5.06 Å². The van der Waals surface area contributed by atoms with Gasteiger partial charge in [0, 0.05) is 6.42 Å². The van der Waals surface area contributed by atoms with Crippen molar-refractivity contribution < 1.29 is 9.57 Å². The quantitative estimate of drug-likeness (QED) is 0.905. The van der Waals surface area contributed by atoms with Crippen LogP contribution in [0, 0.1) is 0 Å². The second-order valence-electron chi connectivity index (χ2n) is 5.59. The summed E-state index contributed by atoms with van der Waals surface area (Å²) in [5.41, 5.74) is 6.70. The monoisotopic (exact) mass is 263 g/mol. The molecule has 19 heavy (non-hydrogen) atoms. The van der Waals surface area contributed by atoms with Crippen molar-refractivity contribution in [3.63, 3.8) is 0 Å². The standard InChI is InChI=1S/C14H21N3O2/c1-14(2,3)17-12(16-13(15)19-17)9-10-5-7-11(18-4)8-6-10/h5-8,12H,9H2,1-4H3,(H2,15,16).